The summed E-state index contributed by atoms with van der Waals surface area (Å²) >= 11 is 1.34. The molecule has 6 heteroatoms. The molecule has 2 heterocycles. The Morgan fingerprint density at radius 2 is 2.14 bits per heavy atom. The summed E-state index contributed by atoms with van der Waals surface area (Å²) in [5, 5.41) is 0.746. The van der Waals surface area contributed by atoms with Crippen LogP contribution in [0.25, 0.3) is 0 Å². The minimum Gasteiger partial charge on any atom is -0.382 e. The molecule has 1 aliphatic heterocycles. The predicted molar refractivity (Wildman–Crippen MR) is 87.3 cm³/mol. The second-order valence-corrected chi connectivity index (χ2v) is 6.44. The summed E-state index contributed by atoms with van der Waals surface area (Å²) in [6.07, 6.45) is 0.876. The van der Waals surface area contributed by atoms with Crippen molar-refractivity contribution in [2.45, 2.75) is 19.4 Å². The van der Waals surface area contributed by atoms with Crippen molar-refractivity contribution in [3.8, 4) is 0 Å². The number of para-hydroxylation sites is 1. The maximum atomic E-state index is 12.9. The van der Waals surface area contributed by atoms with Crippen molar-refractivity contribution < 1.29 is 4.79 Å². The van der Waals surface area contributed by atoms with Gasteiger partial charge in [-0.25, -0.2) is 4.98 Å². The number of hydrogen-bond acceptors (Lipinski definition) is 5. The third-order valence-electron chi connectivity index (χ3n) is 3.64. The summed E-state index contributed by atoms with van der Waals surface area (Å²) in [6, 6.07) is 8.16. The van der Waals surface area contributed by atoms with E-state index in [1.807, 2.05) is 42.1 Å². The topological polar surface area (TPSA) is 62.5 Å². The molecule has 0 fully saturated rings. The van der Waals surface area contributed by atoms with Crippen LogP contribution in [-0.2, 0) is 6.42 Å². The van der Waals surface area contributed by atoms with Gasteiger partial charge in [0.15, 0.2) is 5.13 Å². The van der Waals surface area contributed by atoms with E-state index in [4.69, 9.17) is 5.73 Å². The Bertz CT molecular complexity index is 695. The zero-order valence-corrected chi connectivity index (χ0v) is 13.1. The number of amides is 1. The standard InChI is InChI=1S/C15H18N4OS/c1-9-8-10-6-4-5-7-11(10)19(9)14(20)12-13(16)17-15(21-12)18(2)3/h4-7,9H,8,16H2,1-3H3. The molecule has 110 valence electrons. The van der Waals surface area contributed by atoms with Crippen LogP contribution < -0.4 is 15.5 Å². The first-order valence-electron chi connectivity index (χ1n) is 6.84. The zero-order chi connectivity index (χ0) is 15.1. The normalized spacial score (nSPS) is 16.9. The highest BCUT2D eigenvalue weighted by atomic mass is 32.1. The van der Waals surface area contributed by atoms with Crippen LogP contribution in [0.15, 0.2) is 24.3 Å². The molecule has 1 amide bonds. The highest BCUT2D eigenvalue weighted by molar-refractivity contribution is 7.18. The van der Waals surface area contributed by atoms with Gasteiger partial charge in [0.05, 0.1) is 0 Å². The molecule has 2 aromatic rings. The lowest BCUT2D eigenvalue weighted by Crippen LogP contribution is -2.35. The molecule has 1 aromatic carbocycles. The van der Waals surface area contributed by atoms with Gasteiger partial charge >= 0.3 is 0 Å². The Balaban J connectivity index is 1.99. The number of rotatable bonds is 2. The third-order valence-corrected chi connectivity index (χ3v) is 4.87. The van der Waals surface area contributed by atoms with Crippen molar-refractivity contribution in [3.63, 3.8) is 0 Å². The molecule has 1 atom stereocenters. The van der Waals surface area contributed by atoms with Crippen molar-refractivity contribution in [3.05, 3.63) is 34.7 Å². The quantitative estimate of drug-likeness (QED) is 0.925. The van der Waals surface area contributed by atoms with Gasteiger partial charge in [-0.1, -0.05) is 29.5 Å². The average molecular weight is 302 g/mol. The van der Waals surface area contributed by atoms with Crippen LogP contribution in [0.3, 0.4) is 0 Å². The van der Waals surface area contributed by atoms with Gasteiger partial charge in [-0.15, -0.1) is 0 Å². The van der Waals surface area contributed by atoms with Crippen molar-refractivity contribution in [1.82, 2.24) is 4.98 Å². The lowest BCUT2D eigenvalue weighted by atomic mass is 10.1. The molecule has 5 nitrogen and oxygen atoms in total. The first-order valence-corrected chi connectivity index (χ1v) is 7.65. The summed E-state index contributed by atoms with van der Waals surface area (Å²) in [6.45, 7) is 2.06. The Kier molecular flexibility index (Phi) is 3.33. The number of carbonyl (C=O) groups excluding carboxylic acids is 1. The van der Waals surface area contributed by atoms with E-state index in [0.29, 0.717) is 10.7 Å². The third kappa shape index (κ3) is 2.25. The number of nitrogen functional groups attached to an aromatic ring is 1. The van der Waals surface area contributed by atoms with E-state index in [1.54, 1.807) is 0 Å². The fourth-order valence-corrected chi connectivity index (χ4v) is 3.49. The smallest absolute Gasteiger partial charge is 0.272 e. The molecule has 0 saturated heterocycles. The van der Waals surface area contributed by atoms with E-state index in [1.165, 1.54) is 16.9 Å². The molecule has 0 spiro atoms. The van der Waals surface area contributed by atoms with Crippen molar-refractivity contribution >= 4 is 33.9 Å². The predicted octanol–water partition coefficient (Wildman–Crippen LogP) is 2.38. The van der Waals surface area contributed by atoms with Crippen LogP contribution in [0.5, 0.6) is 0 Å². The molecule has 0 aliphatic carbocycles. The van der Waals surface area contributed by atoms with Gasteiger partial charge in [-0.3, -0.25) is 4.79 Å². The average Bonchev–Trinajstić information content (AvgIpc) is 2.97. The Hall–Kier alpha value is -2.08. The molecule has 0 saturated carbocycles. The maximum absolute atomic E-state index is 12.9. The van der Waals surface area contributed by atoms with Crippen molar-refractivity contribution in [1.29, 1.82) is 0 Å². The number of benzene rings is 1. The minimum atomic E-state index is -0.0597. The maximum Gasteiger partial charge on any atom is 0.272 e. The van der Waals surface area contributed by atoms with Gasteiger partial charge < -0.3 is 15.5 Å². The SMILES string of the molecule is CC1Cc2ccccc2N1C(=O)c1sc(N(C)C)nc1N. The molecule has 0 radical (unpaired) electrons. The van der Waals surface area contributed by atoms with Gasteiger partial charge in [-0.05, 0) is 25.0 Å². The molecule has 2 N–H and O–H groups in total. The van der Waals surface area contributed by atoms with Crippen LogP contribution >= 0.6 is 11.3 Å². The van der Waals surface area contributed by atoms with Crippen LogP contribution in [0.2, 0.25) is 0 Å². The monoisotopic (exact) mass is 302 g/mol. The van der Waals surface area contributed by atoms with Gasteiger partial charge in [0.25, 0.3) is 5.91 Å². The highest BCUT2D eigenvalue weighted by Gasteiger charge is 2.33. The zero-order valence-electron chi connectivity index (χ0n) is 12.3. The molecule has 0 bridgehead atoms. The molecular formula is C15H18N4OS. The Labute approximate surface area is 128 Å². The second kappa shape index (κ2) is 5.04. The first kappa shape index (κ1) is 13.9. The van der Waals surface area contributed by atoms with E-state index in [-0.39, 0.29) is 11.9 Å². The van der Waals surface area contributed by atoms with Gasteiger partial charge in [0.2, 0.25) is 0 Å². The van der Waals surface area contributed by atoms with Crippen molar-refractivity contribution in [2.75, 3.05) is 29.6 Å². The lowest BCUT2D eigenvalue weighted by Gasteiger charge is -2.22. The number of carbonyl (C=O) groups is 1. The largest absolute Gasteiger partial charge is 0.382 e. The van der Waals surface area contributed by atoms with E-state index in [2.05, 4.69) is 18.0 Å². The molecular weight excluding hydrogens is 284 g/mol. The van der Waals surface area contributed by atoms with Crippen LogP contribution in [0, 0.1) is 0 Å². The number of nitrogens with zero attached hydrogens (tertiary/aromatic N) is 3. The summed E-state index contributed by atoms with van der Waals surface area (Å²) in [7, 11) is 3.78. The summed E-state index contributed by atoms with van der Waals surface area (Å²) in [4.78, 5) is 21.3. The fourth-order valence-electron chi connectivity index (χ4n) is 2.65. The first-order chi connectivity index (χ1) is 9.99. The van der Waals surface area contributed by atoms with E-state index < -0.39 is 0 Å². The number of hydrogen-bond donors (Lipinski definition) is 1. The van der Waals surface area contributed by atoms with E-state index in [9.17, 15) is 4.79 Å². The van der Waals surface area contributed by atoms with Gasteiger partial charge in [0.1, 0.15) is 10.7 Å². The lowest BCUT2D eigenvalue weighted by molar-refractivity contribution is 0.0986. The highest BCUT2D eigenvalue weighted by Crippen LogP contribution is 2.36. The molecule has 1 aromatic heterocycles. The fraction of sp³-hybridized carbons (Fsp3) is 0.333. The number of thiazole rings is 1. The number of aromatic nitrogens is 1. The van der Waals surface area contributed by atoms with Crippen LogP contribution in [-0.4, -0.2) is 31.0 Å². The van der Waals surface area contributed by atoms with Crippen LogP contribution in [0.1, 0.15) is 22.2 Å². The molecule has 1 aliphatic rings. The molecule has 21 heavy (non-hydrogen) atoms. The van der Waals surface area contributed by atoms with E-state index >= 15 is 0 Å². The number of anilines is 3. The van der Waals surface area contributed by atoms with E-state index in [0.717, 1.165) is 17.2 Å². The summed E-state index contributed by atoms with van der Waals surface area (Å²) in [5.41, 5.74) is 8.12. The van der Waals surface area contributed by atoms with Gasteiger partial charge in [0, 0.05) is 25.8 Å². The number of fused-ring (bicyclic) bond motifs is 1. The second-order valence-electron chi connectivity index (χ2n) is 5.46. The molecule has 1 unspecified atom stereocenters. The summed E-state index contributed by atoms with van der Waals surface area (Å²) < 4.78 is 0. The summed E-state index contributed by atoms with van der Waals surface area (Å²) in [5.74, 6) is 0.251. The number of nitrogens with two attached hydrogens (primary N) is 1. The Morgan fingerprint density at radius 1 is 1.43 bits per heavy atom. The molecule has 3 rings (SSSR count). The van der Waals surface area contributed by atoms with Crippen molar-refractivity contribution in [2.24, 2.45) is 0 Å². The van der Waals surface area contributed by atoms with Crippen LogP contribution in [0.4, 0.5) is 16.6 Å². The Morgan fingerprint density at radius 3 is 2.81 bits per heavy atom. The van der Waals surface area contributed by atoms with Gasteiger partial charge in [-0.2, -0.15) is 0 Å². The minimum absolute atomic E-state index is 0.0597.